The van der Waals surface area contributed by atoms with E-state index in [0.717, 1.165) is 28.4 Å². The summed E-state index contributed by atoms with van der Waals surface area (Å²) in [5.74, 6) is 0.875. The number of amides is 2. The van der Waals surface area contributed by atoms with E-state index in [1.807, 2.05) is 62.4 Å². The third-order valence-corrected chi connectivity index (χ3v) is 9.45. The van der Waals surface area contributed by atoms with Gasteiger partial charge in [-0.3, -0.25) is 18.7 Å². The first-order chi connectivity index (χ1) is 22.7. The van der Waals surface area contributed by atoms with Gasteiger partial charge in [0.05, 0.1) is 24.0 Å². The van der Waals surface area contributed by atoms with Crippen LogP contribution in [0.3, 0.4) is 0 Å². The van der Waals surface area contributed by atoms with Gasteiger partial charge in [-0.05, 0) is 86.3 Å². The molecule has 0 radical (unpaired) electrons. The number of hydrogen-bond donors (Lipinski definition) is 1. The Bertz CT molecular complexity index is 2060. The van der Waals surface area contributed by atoms with Crippen molar-refractivity contribution in [3.63, 3.8) is 0 Å². The monoisotopic (exact) mass is 696 g/mol. The predicted molar refractivity (Wildman–Crippen MR) is 178 cm³/mol. The SMILES string of the molecule is Cc1nnc(-c2ccccc2CNC(=O)c2c3n(c(=O)n2-c2ccc(OC4CC4)cc2)C[C@@H](C)N(C(=O)c2ccc(Br)c(C)c2)C3)o1. The molecule has 3 aromatic carbocycles. The van der Waals surface area contributed by atoms with Crippen LogP contribution in [0.25, 0.3) is 17.1 Å². The van der Waals surface area contributed by atoms with Crippen molar-refractivity contribution in [2.24, 2.45) is 0 Å². The second-order valence-electron chi connectivity index (χ2n) is 12.0. The van der Waals surface area contributed by atoms with Crippen LogP contribution in [0, 0.1) is 13.8 Å². The summed E-state index contributed by atoms with van der Waals surface area (Å²) in [6, 6.07) is 19.8. The average molecular weight is 698 g/mol. The highest BCUT2D eigenvalue weighted by atomic mass is 79.9. The Morgan fingerprint density at radius 2 is 1.81 bits per heavy atom. The van der Waals surface area contributed by atoms with Crippen molar-refractivity contribution in [1.82, 2.24) is 29.5 Å². The van der Waals surface area contributed by atoms with Gasteiger partial charge in [0.25, 0.3) is 11.8 Å². The number of aryl methyl sites for hydroxylation is 2. The van der Waals surface area contributed by atoms with E-state index in [9.17, 15) is 14.4 Å². The zero-order valence-electron chi connectivity index (χ0n) is 26.2. The first kappa shape index (κ1) is 30.7. The van der Waals surface area contributed by atoms with Crippen LogP contribution in [0.4, 0.5) is 0 Å². The molecule has 1 atom stereocenters. The van der Waals surface area contributed by atoms with Crippen LogP contribution in [0.1, 0.15) is 63.3 Å². The normalized spacial score (nSPS) is 15.7. The minimum absolute atomic E-state index is 0.0842. The Kier molecular flexibility index (Phi) is 8.04. The fraction of sp³-hybridized carbons (Fsp3) is 0.286. The number of rotatable bonds is 8. The number of halogens is 1. The number of ether oxygens (including phenoxy) is 1. The number of hydrogen-bond acceptors (Lipinski definition) is 7. The topological polar surface area (TPSA) is 124 Å². The van der Waals surface area contributed by atoms with Crippen LogP contribution >= 0.6 is 15.9 Å². The molecule has 5 aromatic rings. The molecule has 1 N–H and O–H groups in total. The predicted octanol–water partition coefficient (Wildman–Crippen LogP) is 5.58. The van der Waals surface area contributed by atoms with E-state index in [-0.39, 0.29) is 49.1 Å². The number of carbonyl (C=O) groups excluding carboxylic acids is 2. The Hall–Kier alpha value is -4.97. The van der Waals surface area contributed by atoms with Crippen LogP contribution in [-0.4, -0.2) is 48.2 Å². The van der Waals surface area contributed by atoms with Crippen molar-refractivity contribution in [3.05, 3.63) is 116 Å². The average Bonchev–Trinajstić information content (AvgIpc) is 3.71. The van der Waals surface area contributed by atoms with Crippen LogP contribution < -0.4 is 15.7 Å². The van der Waals surface area contributed by atoms with Crippen LogP contribution in [0.5, 0.6) is 5.75 Å². The quantitative estimate of drug-likeness (QED) is 0.225. The number of imidazole rings is 1. The molecule has 2 amide bonds. The van der Waals surface area contributed by atoms with Crippen molar-refractivity contribution in [2.75, 3.05) is 0 Å². The summed E-state index contributed by atoms with van der Waals surface area (Å²) in [6.07, 6.45) is 2.28. The van der Waals surface area contributed by atoms with Crippen molar-refractivity contribution >= 4 is 27.7 Å². The molecule has 11 nitrogen and oxygen atoms in total. The lowest BCUT2D eigenvalue weighted by Crippen LogP contribution is -2.47. The summed E-state index contributed by atoms with van der Waals surface area (Å²) in [5, 5.41) is 11.1. The van der Waals surface area contributed by atoms with E-state index in [0.29, 0.717) is 40.0 Å². The van der Waals surface area contributed by atoms with Crippen molar-refractivity contribution < 1.29 is 18.7 Å². The van der Waals surface area contributed by atoms with Gasteiger partial charge in [-0.15, -0.1) is 10.2 Å². The third kappa shape index (κ3) is 6.00. The fourth-order valence-electron chi connectivity index (χ4n) is 5.90. The first-order valence-electron chi connectivity index (χ1n) is 15.5. The van der Waals surface area contributed by atoms with Crippen LogP contribution in [-0.2, 0) is 19.6 Å². The number of benzene rings is 3. The van der Waals surface area contributed by atoms with E-state index >= 15 is 0 Å². The van der Waals surface area contributed by atoms with Crippen molar-refractivity contribution in [3.8, 4) is 22.9 Å². The number of nitrogens with one attached hydrogen (secondary N) is 1. The van der Waals surface area contributed by atoms with Gasteiger partial charge >= 0.3 is 5.69 Å². The molecule has 0 unspecified atom stereocenters. The first-order valence-corrected chi connectivity index (χ1v) is 16.3. The fourth-order valence-corrected chi connectivity index (χ4v) is 6.15. The van der Waals surface area contributed by atoms with Crippen LogP contribution in [0.15, 0.2) is 80.4 Å². The summed E-state index contributed by atoms with van der Waals surface area (Å²) >= 11 is 3.51. The Balaban J connectivity index is 1.26. The molecule has 2 aliphatic rings. The second-order valence-corrected chi connectivity index (χ2v) is 12.9. The maximum atomic E-state index is 14.2. The lowest BCUT2D eigenvalue weighted by molar-refractivity contribution is 0.0610. The molecule has 0 spiro atoms. The number of fused-ring (bicyclic) bond motifs is 1. The van der Waals surface area contributed by atoms with E-state index in [4.69, 9.17) is 9.15 Å². The minimum atomic E-state index is -0.452. The Morgan fingerprint density at radius 1 is 1.04 bits per heavy atom. The van der Waals surface area contributed by atoms with Gasteiger partial charge in [-0.2, -0.15) is 0 Å². The summed E-state index contributed by atoms with van der Waals surface area (Å²) in [6.45, 7) is 6.02. The van der Waals surface area contributed by atoms with Gasteiger partial charge in [0, 0.05) is 41.7 Å². The maximum absolute atomic E-state index is 14.2. The van der Waals surface area contributed by atoms with Gasteiger partial charge in [0.15, 0.2) is 0 Å². The smallest absolute Gasteiger partial charge is 0.333 e. The highest BCUT2D eigenvalue weighted by Crippen LogP contribution is 2.29. The van der Waals surface area contributed by atoms with E-state index < -0.39 is 5.91 Å². The molecule has 1 saturated carbocycles. The third-order valence-electron chi connectivity index (χ3n) is 8.56. The second kappa shape index (κ2) is 12.3. The van der Waals surface area contributed by atoms with Gasteiger partial charge < -0.3 is 19.4 Å². The van der Waals surface area contributed by atoms with Gasteiger partial charge in [0.1, 0.15) is 11.4 Å². The highest BCUT2D eigenvalue weighted by molar-refractivity contribution is 9.10. The number of carbonyl (C=O) groups is 2. The summed E-state index contributed by atoms with van der Waals surface area (Å²) in [5.41, 5.74) is 3.77. The number of nitrogens with zero attached hydrogens (tertiary/aromatic N) is 5. The minimum Gasteiger partial charge on any atom is -0.490 e. The molecule has 47 heavy (non-hydrogen) atoms. The molecule has 2 aromatic heterocycles. The molecule has 0 saturated heterocycles. The largest absolute Gasteiger partial charge is 0.490 e. The lowest BCUT2D eigenvalue weighted by atomic mass is 10.1. The molecule has 1 fully saturated rings. The van der Waals surface area contributed by atoms with Crippen molar-refractivity contribution in [1.29, 1.82) is 0 Å². The molecule has 1 aliphatic carbocycles. The summed E-state index contributed by atoms with van der Waals surface area (Å²) < 4.78 is 15.5. The van der Waals surface area contributed by atoms with Crippen LogP contribution in [0.2, 0.25) is 0 Å². The lowest BCUT2D eigenvalue weighted by Gasteiger charge is -2.34. The van der Waals surface area contributed by atoms with Crippen molar-refractivity contribution in [2.45, 2.75) is 65.4 Å². The highest BCUT2D eigenvalue weighted by Gasteiger charge is 2.35. The molecule has 240 valence electrons. The number of aromatic nitrogens is 4. The molecular weight excluding hydrogens is 664 g/mol. The van der Waals surface area contributed by atoms with E-state index in [1.165, 1.54) is 4.57 Å². The molecule has 7 rings (SSSR count). The standard InChI is InChI=1S/C35H33BrN6O5/c1-20-16-23(8-15-29(20)36)34(44)40-19-30-31(32(43)37-17-24-6-4-5-7-28(24)33-39-38-22(3)46-33)42(35(45)41(30)18-21(40)2)25-9-11-26(12-10-25)47-27-13-14-27/h4-12,15-16,21,27H,13-14,17-19H2,1-3H3,(H,37,43)/t21-/m1/s1. The summed E-state index contributed by atoms with van der Waals surface area (Å²) in [4.78, 5) is 43.8. The van der Waals surface area contributed by atoms with E-state index in [2.05, 4.69) is 31.4 Å². The van der Waals surface area contributed by atoms with Gasteiger partial charge in [-0.1, -0.05) is 34.1 Å². The molecular formula is C35H33BrN6O5. The zero-order chi connectivity index (χ0) is 32.8. The Morgan fingerprint density at radius 3 is 2.51 bits per heavy atom. The molecule has 0 bridgehead atoms. The zero-order valence-corrected chi connectivity index (χ0v) is 27.8. The van der Waals surface area contributed by atoms with Gasteiger partial charge in [0.2, 0.25) is 11.8 Å². The molecule has 12 heteroatoms. The van der Waals surface area contributed by atoms with Gasteiger partial charge in [-0.25, -0.2) is 4.79 Å². The molecule has 1 aliphatic heterocycles. The molecule has 3 heterocycles. The Labute approximate surface area is 279 Å². The maximum Gasteiger partial charge on any atom is 0.333 e. The van der Waals surface area contributed by atoms with E-state index in [1.54, 1.807) is 34.6 Å². The summed E-state index contributed by atoms with van der Waals surface area (Å²) in [7, 11) is 0.